The number of halogens is 1. The molecule has 1 aliphatic carbocycles. The fourth-order valence-electron chi connectivity index (χ4n) is 1.96. The Bertz CT molecular complexity index is 378. The zero-order valence-electron chi connectivity index (χ0n) is 9.20. The van der Waals surface area contributed by atoms with Gasteiger partial charge in [-0.2, -0.15) is 0 Å². The highest BCUT2D eigenvalue weighted by Crippen LogP contribution is 2.21. The van der Waals surface area contributed by atoms with Gasteiger partial charge < -0.3 is 9.84 Å². The van der Waals surface area contributed by atoms with Crippen LogP contribution in [-0.2, 0) is 0 Å². The van der Waals surface area contributed by atoms with Crippen molar-refractivity contribution in [2.75, 3.05) is 0 Å². The molecule has 0 aliphatic heterocycles. The quantitative estimate of drug-likeness (QED) is 0.839. The standard InChI is InChI=1S/C11H15FN2O2/c1-7-6-10(14-16-7)11(15)13-9-5-3-2-4-8(9)12/h6,8-9H,2-5H2,1H3,(H,13,15)/t8-,9-/m1/s1. The Morgan fingerprint density at radius 3 is 2.94 bits per heavy atom. The summed E-state index contributed by atoms with van der Waals surface area (Å²) in [5, 5.41) is 6.26. The van der Waals surface area contributed by atoms with Crippen LogP contribution in [0.15, 0.2) is 10.6 Å². The Kier molecular flexibility index (Phi) is 3.22. The Morgan fingerprint density at radius 1 is 1.56 bits per heavy atom. The molecule has 0 radical (unpaired) electrons. The molecule has 1 fully saturated rings. The third-order valence-electron chi connectivity index (χ3n) is 2.86. The van der Waals surface area contributed by atoms with Crippen molar-refractivity contribution in [2.24, 2.45) is 0 Å². The first-order chi connectivity index (χ1) is 7.66. The fraction of sp³-hybridized carbons (Fsp3) is 0.636. The molecule has 0 spiro atoms. The zero-order valence-corrected chi connectivity index (χ0v) is 9.20. The molecule has 1 N–H and O–H groups in total. The lowest BCUT2D eigenvalue weighted by atomic mass is 9.93. The van der Waals surface area contributed by atoms with Gasteiger partial charge in [0, 0.05) is 6.07 Å². The molecule has 5 heteroatoms. The SMILES string of the molecule is Cc1cc(C(=O)N[C@@H]2CCCC[C@H]2F)no1. The highest BCUT2D eigenvalue weighted by atomic mass is 19.1. The molecule has 16 heavy (non-hydrogen) atoms. The number of aryl methyl sites for hydroxylation is 1. The number of hydrogen-bond donors (Lipinski definition) is 1. The van der Waals surface area contributed by atoms with Crippen molar-refractivity contribution in [2.45, 2.75) is 44.8 Å². The van der Waals surface area contributed by atoms with Crippen molar-refractivity contribution in [1.82, 2.24) is 10.5 Å². The molecule has 1 heterocycles. The minimum Gasteiger partial charge on any atom is -0.361 e. The Balaban J connectivity index is 1.96. The molecular formula is C11H15FN2O2. The number of nitrogens with one attached hydrogen (secondary N) is 1. The van der Waals surface area contributed by atoms with Gasteiger partial charge in [0.2, 0.25) is 0 Å². The first kappa shape index (κ1) is 11.1. The highest BCUT2D eigenvalue weighted by Gasteiger charge is 2.27. The summed E-state index contributed by atoms with van der Waals surface area (Å²) in [5.74, 6) is 0.219. The summed E-state index contributed by atoms with van der Waals surface area (Å²) in [6.07, 6.45) is 2.15. The molecule has 1 amide bonds. The second-order valence-electron chi connectivity index (χ2n) is 4.20. The number of carbonyl (C=O) groups excluding carboxylic acids is 1. The van der Waals surface area contributed by atoms with E-state index in [1.54, 1.807) is 13.0 Å². The normalized spacial score (nSPS) is 25.4. The number of hydrogen-bond acceptors (Lipinski definition) is 3. The first-order valence-corrected chi connectivity index (χ1v) is 5.55. The van der Waals surface area contributed by atoms with E-state index < -0.39 is 6.17 Å². The largest absolute Gasteiger partial charge is 0.361 e. The molecule has 1 aliphatic rings. The minimum absolute atomic E-state index is 0.218. The number of nitrogens with zero attached hydrogens (tertiary/aromatic N) is 1. The van der Waals surface area contributed by atoms with Crippen molar-refractivity contribution in [3.63, 3.8) is 0 Å². The zero-order chi connectivity index (χ0) is 11.5. The third-order valence-corrected chi connectivity index (χ3v) is 2.86. The Labute approximate surface area is 93.2 Å². The van der Waals surface area contributed by atoms with Crippen molar-refractivity contribution in [3.8, 4) is 0 Å². The summed E-state index contributed by atoms with van der Waals surface area (Å²) in [4.78, 5) is 11.7. The van der Waals surface area contributed by atoms with Crippen LogP contribution < -0.4 is 5.32 Å². The number of alkyl halides is 1. The van der Waals surface area contributed by atoms with Gasteiger partial charge in [-0.15, -0.1) is 0 Å². The molecular weight excluding hydrogens is 211 g/mol. The van der Waals surface area contributed by atoms with Gasteiger partial charge in [0.05, 0.1) is 6.04 Å². The lowest BCUT2D eigenvalue weighted by molar-refractivity contribution is 0.0875. The number of rotatable bonds is 2. The molecule has 1 saturated carbocycles. The maximum atomic E-state index is 13.5. The summed E-state index contributed by atoms with van der Waals surface area (Å²) >= 11 is 0. The Morgan fingerprint density at radius 2 is 2.31 bits per heavy atom. The maximum Gasteiger partial charge on any atom is 0.273 e. The molecule has 0 bridgehead atoms. The molecule has 0 saturated heterocycles. The average Bonchev–Trinajstić information content (AvgIpc) is 2.68. The summed E-state index contributed by atoms with van der Waals surface area (Å²) in [6.45, 7) is 1.71. The van der Waals surface area contributed by atoms with Crippen LogP contribution in [0.25, 0.3) is 0 Å². The summed E-state index contributed by atoms with van der Waals surface area (Å²) in [5.41, 5.74) is 0.218. The monoisotopic (exact) mass is 226 g/mol. The van der Waals surface area contributed by atoms with Crippen LogP contribution in [0, 0.1) is 6.92 Å². The van der Waals surface area contributed by atoms with Crippen LogP contribution in [-0.4, -0.2) is 23.3 Å². The van der Waals surface area contributed by atoms with Gasteiger partial charge in [-0.3, -0.25) is 4.79 Å². The molecule has 0 aromatic carbocycles. The number of aromatic nitrogens is 1. The van der Waals surface area contributed by atoms with Crippen molar-refractivity contribution in [3.05, 3.63) is 17.5 Å². The molecule has 1 aromatic heterocycles. The van der Waals surface area contributed by atoms with E-state index in [0.717, 1.165) is 12.8 Å². The number of carbonyl (C=O) groups is 1. The van der Waals surface area contributed by atoms with Crippen molar-refractivity contribution < 1.29 is 13.7 Å². The topological polar surface area (TPSA) is 55.1 Å². The molecule has 1 aromatic rings. The molecule has 0 unspecified atom stereocenters. The lowest BCUT2D eigenvalue weighted by Crippen LogP contribution is -2.43. The summed E-state index contributed by atoms with van der Waals surface area (Å²) in [7, 11) is 0. The molecule has 2 atom stereocenters. The van der Waals surface area contributed by atoms with Crippen molar-refractivity contribution >= 4 is 5.91 Å². The third kappa shape index (κ3) is 2.40. The minimum atomic E-state index is -0.939. The van der Waals surface area contributed by atoms with Crippen LogP contribution in [0.1, 0.15) is 41.9 Å². The summed E-state index contributed by atoms with van der Waals surface area (Å²) in [6, 6.07) is 1.17. The van der Waals surface area contributed by atoms with Gasteiger partial charge in [-0.1, -0.05) is 18.0 Å². The first-order valence-electron chi connectivity index (χ1n) is 5.55. The molecule has 4 nitrogen and oxygen atoms in total. The van der Waals surface area contributed by atoms with Crippen LogP contribution >= 0.6 is 0 Å². The van der Waals surface area contributed by atoms with E-state index in [-0.39, 0.29) is 17.6 Å². The lowest BCUT2D eigenvalue weighted by Gasteiger charge is -2.26. The molecule has 88 valence electrons. The second-order valence-corrected chi connectivity index (χ2v) is 4.20. The van der Waals surface area contributed by atoms with E-state index in [2.05, 4.69) is 10.5 Å². The maximum absolute atomic E-state index is 13.5. The van der Waals surface area contributed by atoms with Crippen LogP contribution in [0.4, 0.5) is 4.39 Å². The van der Waals surface area contributed by atoms with Gasteiger partial charge in [0.1, 0.15) is 11.9 Å². The van der Waals surface area contributed by atoms with Gasteiger partial charge >= 0.3 is 0 Å². The van der Waals surface area contributed by atoms with Crippen LogP contribution in [0.3, 0.4) is 0 Å². The Hall–Kier alpha value is -1.39. The van der Waals surface area contributed by atoms with E-state index in [9.17, 15) is 9.18 Å². The highest BCUT2D eigenvalue weighted by molar-refractivity contribution is 5.92. The van der Waals surface area contributed by atoms with Gasteiger partial charge in [0.15, 0.2) is 5.69 Å². The fourth-order valence-corrected chi connectivity index (χ4v) is 1.96. The second kappa shape index (κ2) is 4.63. The molecule has 2 rings (SSSR count). The van der Waals surface area contributed by atoms with Gasteiger partial charge in [0.25, 0.3) is 5.91 Å². The van der Waals surface area contributed by atoms with Gasteiger partial charge in [-0.25, -0.2) is 4.39 Å². The summed E-state index contributed by atoms with van der Waals surface area (Å²) < 4.78 is 18.3. The van der Waals surface area contributed by atoms with E-state index in [0.29, 0.717) is 18.6 Å². The van der Waals surface area contributed by atoms with E-state index in [4.69, 9.17) is 4.52 Å². The van der Waals surface area contributed by atoms with Crippen LogP contribution in [0.5, 0.6) is 0 Å². The van der Waals surface area contributed by atoms with Crippen molar-refractivity contribution in [1.29, 1.82) is 0 Å². The van der Waals surface area contributed by atoms with Crippen LogP contribution in [0.2, 0.25) is 0 Å². The smallest absolute Gasteiger partial charge is 0.273 e. The predicted molar refractivity (Wildman–Crippen MR) is 55.9 cm³/mol. The number of amides is 1. The predicted octanol–water partition coefficient (Wildman–Crippen LogP) is 1.99. The van der Waals surface area contributed by atoms with Gasteiger partial charge in [-0.05, 0) is 19.8 Å². The van der Waals surface area contributed by atoms with E-state index in [1.807, 2.05) is 0 Å². The van der Waals surface area contributed by atoms with E-state index in [1.165, 1.54) is 0 Å². The average molecular weight is 226 g/mol. The van der Waals surface area contributed by atoms with E-state index >= 15 is 0 Å².